The largest absolute Gasteiger partial charge is 0.497 e. The zero-order valence-corrected chi connectivity index (χ0v) is 17.2. The maximum atomic E-state index is 10.8. The van der Waals surface area contributed by atoms with Crippen molar-refractivity contribution in [3.63, 3.8) is 0 Å². The van der Waals surface area contributed by atoms with Gasteiger partial charge in [0.05, 0.1) is 18.7 Å². The van der Waals surface area contributed by atoms with Crippen LogP contribution in [0.5, 0.6) is 5.75 Å². The Morgan fingerprint density at radius 2 is 1.77 bits per heavy atom. The van der Waals surface area contributed by atoms with Crippen molar-refractivity contribution in [3.8, 4) is 17.2 Å². The first kappa shape index (κ1) is 20.0. The minimum atomic E-state index is -0.385. The number of benzene rings is 2. The molecule has 0 aliphatic carbocycles. The van der Waals surface area contributed by atoms with Crippen molar-refractivity contribution in [2.75, 3.05) is 38.2 Å². The average molecular weight is 427 g/mol. The van der Waals surface area contributed by atoms with Gasteiger partial charge in [0.25, 0.3) is 10.5 Å². The highest BCUT2D eigenvalue weighted by Gasteiger charge is 2.19. The van der Waals surface area contributed by atoms with Crippen LogP contribution in [0.25, 0.3) is 11.5 Å². The van der Waals surface area contributed by atoms with Crippen molar-refractivity contribution >= 4 is 23.6 Å². The Morgan fingerprint density at radius 1 is 1.10 bits per heavy atom. The normalized spacial score (nSPS) is 14.6. The fourth-order valence-electron chi connectivity index (χ4n) is 3.37. The summed E-state index contributed by atoms with van der Waals surface area (Å²) in [6.07, 6.45) is 0. The molecule has 3 aromatic rings. The number of nitro benzene ring substituents is 1. The lowest BCUT2D eigenvalue weighted by Gasteiger charge is -2.35. The minimum absolute atomic E-state index is 0.102. The van der Waals surface area contributed by atoms with E-state index in [1.807, 2.05) is 24.3 Å². The summed E-state index contributed by atoms with van der Waals surface area (Å²) in [7, 11) is 1.62. The first-order valence-corrected chi connectivity index (χ1v) is 9.88. The number of methoxy groups -OCH3 is 1. The van der Waals surface area contributed by atoms with E-state index in [2.05, 4.69) is 14.9 Å². The second-order valence-electron chi connectivity index (χ2n) is 6.92. The molecular formula is C20H21N5O4S. The smallest absolute Gasteiger partial charge is 0.288 e. The Morgan fingerprint density at radius 3 is 2.37 bits per heavy atom. The maximum absolute atomic E-state index is 10.8. The fourth-order valence-corrected chi connectivity index (χ4v) is 3.55. The number of hydrogen-bond donors (Lipinski definition) is 0. The number of hydrogen-bond acceptors (Lipinski definition) is 8. The van der Waals surface area contributed by atoms with E-state index in [1.165, 1.54) is 12.1 Å². The van der Waals surface area contributed by atoms with Gasteiger partial charge in [0.15, 0.2) is 0 Å². The Bertz CT molecular complexity index is 1070. The summed E-state index contributed by atoms with van der Waals surface area (Å²) >= 11 is 5.34. The van der Waals surface area contributed by atoms with E-state index < -0.39 is 0 Å². The van der Waals surface area contributed by atoms with Crippen molar-refractivity contribution in [3.05, 3.63) is 63.5 Å². The number of non-ortho nitro benzene ring substituents is 1. The summed E-state index contributed by atoms with van der Waals surface area (Å²) in [5.41, 5.74) is 1.93. The lowest BCUT2D eigenvalue weighted by atomic mass is 10.2. The summed E-state index contributed by atoms with van der Waals surface area (Å²) in [4.78, 5) is 15.2. The van der Waals surface area contributed by atoms with Crippen LogP contribution < -0.4 is 9.64 Å². The van der Waals surface area contributed by atoms with E-state index in [4.69, 9.17) is 21.4 Å². The molecule has 10 heteroatoms. The predicted octanol–water partition coefficient (Wildman–Crippen LogP) is 3.57. The Hall–Kier alpha value is -3.24. The van der Waals surface area contributed by atoms with Crippen molar-refractivity contribution in [2.45, 2.75) is 6.67 Å². The van der Waals surface area contributed by atoms with Gasteiger partial charge in [-0.25, -0.2) is 4.68 Å². The zero-order valence-electron chi connectivity index (χ0n) is 16.4. The predicted molar refractivity (Wildman–Crippen MR) is 114 cm³/mol. The molecule has 0 saturated carbocycles. The van der Waals surface area contributed by atoms with Gasteiger partial charge in [-0.05, 0) is 48.6 Å². The molecule has 30 heavy (non-hydrogen) atoms. The Balaban J connectivity index is 1.37. The van der Waals surface area contributed by atoms with E-state index in [-0.39, 0.29) is 10.6 Å². The van der Waals surface area contributed by atoms with Gasteiger partial charge < -0.3 is 14.1 Å². The molecule has 0 unspecified atom stereocenters. The molecule has 0 radical (unpaired) electrons. The molecule has 2 aromatic carbocycles. The van der Waals surface area contributed by atoms with Crippen LogP contribution in [0.1, 0.15) is 0 Å². The monoisotopic (exact) mass is 427 g/mol. The summed E-state index contributed by atoms with van der Waals surface area (Å²) < 4.78 is 12.5. The van der Waals surface area contributed by atoms with E-state index >= 15 is 0 Å². The van der Waals surface area contributed by atoms with Crippen molar-refractivity contribution in [1.29, 1.82) is 0 Å². The first-order chi connectivity index (χ1) is 14.5. The summed E-state index contributed by atoms with van der Waals surface area (Å²) in [6.45, 7) is 3.82. The van der Waals surface area contributed by atoms with Gasteiger partial charge in [-0.2, -0.15) is 0 Å². The number of piperazine rings is 1. The number of aromatic nitrogens is 2. The highest BCUT2D eigenvalue weighted by molar-refractivity contribution is 7.71. The van der Waals surface area contributed by atoms with Crippen molar-refractivity contribution < 1.29 is 14.1 Å². The molecular weight excluding hydrogens is 406 g/mol. The standard InChI is InChI=1S/C20H21N5O4S/c1-28-18-8-2-15(3-9-18)19-21-24(20(30)29-19)14-22-10-12-23(13-11-22)16-4-6-17(7-5-16)25(26)27/h2-9H,10-14H2,1H3. The van der Waals surface area contributed by atoms with Gasteiger partial charge in [0.1, 0.15) is 5.75 Å². The van der Waals surface area contributed by atoms with Gasteiger partial charge in [-0.1, -0.05) is 0 Å². The number of anilines is 1. The van der Waals surface area contributed by atoms with Gasteiger partial charge in [0, 0.05) is 49.6 Å². The zero-order chi connectivity index (χ0) is 21.1. The molecule has 1 aliphatic rings. The van der Waals surface area contributed by atoms with Crippen molar-refractivity contribution in [1.82, 2.24) is 14.7 Å². The van der Waals surface area contributed by atoms with Crippen LogP contribution in [0.3, 0.4) is 0 Å². The topological polar surface area (TPSA) is 89.8 Å². The summed E-state index contributed by atoms with van der Waals surface area (Å²) in [5.74, 6) is 1.25. The third-order valence-electron chi connectivity index (χ3n) is 5.08. The Labute approximate surface area is 178 Å². The molecule has 0 bridgehead atoms. The number of rotatable bonds is 6. The van der Waals surface area contributed by atoms with Crippen LogP contribution in [-0.2, 0) is 6.67 Å². The third-order valence-corrected chi connectivity index (χ3v) is 5.37. The second kappa shape index (κ2) is 8.64. The lowest BCUT2D eigenvalue weighted by Crippen LogP contribution is -2.46. The van der Waals surface area contributed by atoms with Crippen molar-refractivity contribution in [2.24, 2.45) is 0 Å². The van der Waals surface area contributed by atoms with Crippen LogP contribution in [0.4, 0.5) is 11.4 Å². The molecule has 0 spiro atoms. The molecule has 1 saturated heterocycles. The third kappa shape index (κ3) is 4.34. The van der Waals surface area contributed by atoms with Gasteiger partial charge in [-0.3, -0.25) is 15.0 Å². The molecule has 4 rings (SSSR count). The fraction of sp³-hybridized carbons (Fsp3) is 0.300. The van der Waals surface area contributed by atoms with E-state index in [0.717, 1.165) is 43.2 Å². The van der Waals surface area contributed by atoms with Crippen LogP contribution >= 0.6 is 12.2 Å². The lowest BCUT2D eigenvalue weighted by molar-refractivity contribution is -0.384. The molecule has 2 heterocycles. The van der Waals surface area contributed by atoms with E-state index in [0.29, 0.717) is 17.4 Å². The quantitative estimate of drug-likeness (QED) is 0.335. The van der Waals surface area contributed by atoms with Crippen LogP contribution in [-0.4, -0.2) is 52.9 Å². The Kier molecular flexibility index (Phi) is 5.77. The molecule has 0 atom stereocenters. The van der Waals surface area contributed by atoms with Gasteiger partial charge in [-0.15, -0.1) is 5.10 Å². The molecule has 1 fully saturated rings. The number of ether oxygens (including phenoxy) is 1. The van der Waals surface area contributed by atoms with E-state index in [1.54, 1.807) is 23.9 Å². The summed E-state index contributed by atoms with van der Waals surface area (Å²) in [6, 6.07) is 14.1. The molecule has 0 amide bonds. The first-order valence-electron chi connectivity index (χ1n) is 9.47. The molecule has 1 aliphatic heterocycles. The minimum Gasteiger partial charge on any atom is -0.497 e. The number of nitro groups is 1. The van der Waals surface area contributed by atoms with Gasteiger partial charge >= 0.3 is 0 Å². The van der Waals surface area contributed by atoms with Gasteiger partial charge in [0.2, 0.25) is 5.89 Å². The number of nitrogens with zero attached hydrogens (tertiary/aromatic N) is 5. The average Bonchev–Trinajstić information content (AvgIpc) is 3.14. The summed E-state index contributed by atoms with van der Waals surface area (Å²) in [5, 5.41) is 15.3. The van der Waals surface area contributed by atoms with Crippen LogP contribution in [0.15, 0.2) is 52.9 Å². The highest BCUT2D eigenvalue weighted by Crippen LogP contribution is 2.23. The van der Waals surface area contributed by atoms with Crippen LogP contribution in [0, 0.1) is 15.0 Å². The molecule has 0 N–H and O–H groups in total. The van der Waals surface area contributed by atoms with Crippen LogP contribution in [0.2, 0.25) is 0 Å². The van der Waals surface area contributed by atoms with E-state index in [9.17, 15) is 10.1 Å². The molecule has 156 valence electrons. The highest BCUT2D eigenvalue weighted by atomic mass is 32.1. The molecule has 9 nitrogen and oxygen atoms in total. The second-order valence-corrected chi connectivity index (χ2v) is 7.27. The molecule has 1 aromatic heterocycles. The SMILES string of the molecule is COc1ccc(-c2nn(CN3CCN(c4ccc([N+](=O)[O-])cc4)CC3)c(=S)o2)cc1. The maximum Gasteiger partial charge on any atom is 0.288 e.